The van der Waals surface area contributed by atoms with Crippen molar-refractivity contribution in [2.24, 2.45) is 0 Å². The molecule has 2 nitrogen and oxygen atoms in total. The number of hydrogen-bond acceptors (Lipinski definition) is 2. The Bertz CT molecular complexity index is 566. The Kier molecular flexibility index (Phi) is 3.43. The van der Waals surface area contributed by atoms with Crippen molar-refractivity contribution in [3.8, 4) is 16.9 Å². The molecule has 1 aromatic heterocycles. The van der Waals surface area contributed by atoms with Crippen molar-refractivity contribution < 1.29 is 9.50 Å². The fourth-order valence-corrected chi connectivity index (χ4v) is 2.43. The van der Waals surface area contributed by atoms with Gasteiger partial charge in [0.15, 0.2) is 0 Å². The Morgan fingerprint density at radius 1 is 1.06 bits per heavy atom. The van der Waals surface area contributed by atoms with E-state index in [1.165, 1.54) is 18.2 Å². The predicted molar refractivity (Wildman–Crippen MR) is 66.3 cm³/mol. The summed E-state index contributed by atoms with van der Waals surface area (Å²) in [7, 11) is 0. The van der Waals surface area contributed by atoms with Gasteiger partial charge < -0.3 is 5.11 Å². The lowest BCUT2D eigenvalue weighted by molar-refractivity contribution is 0.467. The second kappa shape index (κ2) is 4.69. The molecule has 0 aliphatic rings. The maximum Gasteiger partial charge on any atom is 0.221 e. The smallest absolute Gasteiger partial charge is 0.221 e. The van der Waals surface area contributed by atoms with E-state index in [1.807, 2.05) is 0 Å². The number of nitrogens with zero attached hydrogens (tertiary/aromatic N) is 1. The molecule has 1 aromatic carbocycles. The first-order chi connectivity index (χ1) is 7.99. The van der Waals surface area contributed by atoms with Crippen molar-refractivity contribution in [3.05, 3.63) is 45.4 Å². The molecule has 2 aromatic rings. The topological polar surface area (TPSA) is 33.1 Å². The molecule has 0 amide bonds. The highest BCUT2D eigenvalue weighted by molar-refractivity contribution is 6.41. The Hall–Kier alpha value is -1.03. The molecule has 0 bridgehead atoms. The third kappa shape index (κ3) is 2.46. The van der Waals surface area contributed by atoms with Gasteiger partial charge in [0.25, 0.3) is 0 Å². The molecule has 2 rings (SSSR count). The minimum Gasteiger partial charge on any atom is -0.506 e. The lowest BCUT2D eigenvalue weighted by Gasteiger charge is -2.08. The van der Waals surface area contributed by atoms with Gasteiger partial charge in [-0.15, -0.1) is 0 Å². The summed E-state index contributed by atoms with van der Waals surface area (Å²) < 4.78 is 13.5. The molecule has 0 spiro atoms. The molecule has 0 atom stereocenters. The number of pyridine rings is 1. The van der Waals surface area contributed by atoms with Gasteiger partial charge in [-0.05, 0) is 18.2 Å². The van der Waals surface area contributed by atoms with E-state index in [0.29, 0.717) is 5.02 Å². The van der Waals surface area contributed by atoms with Gasteiger partial charge in [-0.2, -0.15) is 4.39 Å². The van der Waals surface area contributed by atoms with Crippen LogP contribution >= 0.6 is 34.8 Å². The third-order valence-corrected chi connectivity index (χ3v) is 2.92. The van der Waals surface area contributed by atoms with Gasteiger partial charge in [0.05, 0.1) is 16.2 Å². The lowest BCUT2D eigenvalue weighted by Crippen LogP contribution is -1.90. The Labute approximate surface area is 112 Å². The van der Waals surface area contributed by atoms with Crippen LogP contribution in [-0.4, -0.2) is 10.1 Å². The van der Waals surface area contributed by atoms with Crippen molar-refractivity contribution >= 4 is 34.8 Å². The Balaban J connectivity index is 2.72. The van der Waals surface area contributed by atoms with Crippen LogP contribution in [0.25, 0.3) is 11.1 Å². The van der Waals surface area contributed by atoms with Crippen LogP contribution in [0.4, 0.5) is 4.39 Å². The van der Waals surface area contributed by atoms with Crippen LogP contribution in [0.1, 0.15) is 0 Å². The fourth-order valence-electron chi connectivity index (χ4n) is 1.41. The average molecular weight is 293 g/mol. The summed E-state index contributed by atoms with van der Waals surface area (Å²) in [4.78, 5) is 3.39. The van der Waals surface area contributed by atoms with E-state index in [-0.39, 0.29) is 26.9 Å². The number of aromatic nitrogens is 1. The van der Waals surface area contributed by atoms with Crippen LogP contribution in [-0.2, 0) is 0 Å². The molecule has 6 heteroatoms. The number of hydrogen-bond donors (Lipinski definition) is 1. The predicted octanol–water partition coefficient (Wildman–Crippen LogP) is 4.55. The standard InChI is InChI=1S/C11H5Cl3FNO/c12-5-1-8(13)10(9(14)2-5)7-3-6(17)4-16-11(7)15/h1-4,17H. The molecule has 17 heavy (non-hydrogen) atoms. The summed E-state index contributed by atoms with van der Waals surface area (Å²) in [6.07, 6.45) is 0.997. The van der Waals surface area contributed by atoms with E-state index < -0.39 is 5.95 Å². The minimum absolute atomic E-state index is 0.0247. The summed E-state index contributed by atoms with van der Waals surface area (Å²) in [6, 6.07) is 4.07. The molecular weight excluding hydrogens is 287 g/mol. The molecule has 88 valence electrons. The van der Waals surface area contributed by atoms with Crippen LogP contribution < -0.4 is 0 Å². The van der Waals surface area contributed by atoms with Crippen molar-refractivity contribution in [1.29, 1.82) is 0 Å². The zero-order valence-corrected chi connectivity index (χ0v) is 10.5. The van der Waals surface area contributed by atoms with Gasteiger partial charge in [-0.3, -0.25) is 0 Å². The van der Waals surface area contributed by atoms with Gasteiger partial charge in [0.2, 0.25) is 5.95 Å². The molecule has 0 radical (unpaired) electrons. The second-order valence-electron chi connectivity index (χ2n) is 3.28. The molecule has 0 aliphatic carbocycles. The summed E-state index contributed by atoms with van der Waals surface area (Å²) >= 11 is 17.7. The minimum atomic E-state index is -0.770. The van der Waals surface area contributed by atoms with Crippen molar-refractivity contribution in [2.75, 3.05) is 0 Å². The number of aromatic hydroxyl groups is 1. The van der Waals surface area contributed by atoms with Gasteiger partial charge >= 0.3 is 0 Å². The van der Waals surface area contributed by atoms with E-state index in [0.717, 1.165) is 6.20 Å². The molecule has 0 saturated carbocycles. The van der Waals surface area contributed by atoms with Crippen molar-refractivity contribution in [1.82, 2.24) is 4.98 Å². The maximum atomic E-state index is 13.5. The fraction of sp³-hybridized carbons (Fsp3) is 0. The monoisotopic (exact) mass is 291 g/mol. The first kappa shape index (κ1) is 12.4. The van der Waals surface area contributed by atoms with Crippen molar-refractivity contribution in [2.45, 2.75) is 0 Å². The van der Waals surface area contributed by atoms with E-state index in [4.69, 9.17) is 34.8 Å². The quantitative estimate of drug-likeness (QED) is 0.782. The van der Waals surface area contributed by atoms with E-state index in [2.05, 4.69) is 4.98 Å². The molecule has 1 heterocycles. The van der Waals surface area contributed by atoms with Gasteiger partial charge in [-0.1, -0.05) is 34.8 Å². The maximum absolute atomic E-state index is 13.5. The second-order valence-corrected chi connectivity index (χ2v) is 4.53. The molecule has 0 fully saturated rings. The highest BCUT2D eigenvalue weighted by Crippen LogP contribution is 2.38. The van der Waals surface area contributed by atoms with E-state index in [9.17, 15) is 9.50 Å². The summed E-state index contributed by atoms with van der Waals surface area (Å²) in [6.45, 7) is 0. The molecule has 0 aliphatic heterocycles. The number of benzene rings is 1. The third-order valence-electron chi connectivity index (χ3n) is 2.10. The zero-order valence-electron chi connectivity index (χ0n) is 8.22. The van der Waals surface area contributed by atoms with Crippen LogP contribution in [0.2, 0.25) is 15.1 Å². The average Bonchev–Trinajstić information content (AvgIpc) is 2.21. The summed E-state index contributed by atoms with van der Waals surface area (Å²) in [5.74, 6) is -0.947. The highest BCUT2D eigenvalue weighted by Gasteiger charge is 2.15. The lowest BCUT2D eigenvalue weighted by atomic mass is 10.1. The van der Waals surface area contributed by atoms with Crippen molar-refractivity contribution in [3.63, 3.8) is 0 Å². The SMILES string of the molecule is Oc1cnc(F)c(-c2c(Cl)cc(Cl)cc2Cl)c1. The highest BCUT2D eigenvalue weighted by atomic mass is 35.5. The van der Waals surface area contributed by atoms with Crippen LogP contribution in [0, 0.1) is 5.95 Å². The Morgan fingerprint density at radius 2 is 1.65 bits per heavy atom. The van der Waals surface area contributed by atoms with Crippen LogP contribution in [0.5, 0.6) is 5.75 Å². The normalized spacial score (nSPS) is 10.6. The molecule has 0 unspecified atom stereocenters. The summed E-state index contributed by atoms with van der Waals surface area (Å²) in [5, 5.41) is 10.0. The first-order valence-electron chi connectivity index (χ1n) is 4.48. The summed E-state index contributed by atoms with van der Waals surface area (Å²) in [5.41, 5.74) is 0.273. The van der Waals surface area contributed by atoms with Gasteiger partial charge in [0.1, 0.15) is 5.75 Å². The molecular formula is C11H5Cl3FNO. The van der Waals surface area contributed by atoms with Gasteiger partial charge in [-0.25, -0.2) is 4.98 Å². The zero-order chi connectivity index (χ0) is 12.6. The Morgan fingerprint density at radius 3 is 2.24 bits per heavy atom. The van der Waals surface area contributed by atoms with E-state index >= 15 is 0 Å². The largest absolute Gasteiger partial charge is 0.506 e. The van der Waals surface area contributed by atoms with Crippen LogP contribution in [0.15, 0.2) is 24.4 Å². The number of rotatable bonds is 1. The molecule has 0 saturated heterocycles. The van der Waals surface area contributed by atoms with Gasteiger partial charge in [0, 0.05) is 16.1 Å². The first-order valence-corrected chi connectivity index (χ1v) is 5.62. The molecule has 1 N–H and O–H groups in total. The number of halogens is 4. The van der Waals surface area contributed by atoms with Crippen LogP contribution in [0.3, 0.4) is 0 Å². The van der Waals surface area contributed by atoms with E-state index in [1.54, 1.807) is 0 Å².